The van der Waals surface area contributed by atoms with E-state index in [-0.39, 0.29) is 25.7 Å². The lowest BCUT2D eigenvalue weighted by Crippen LogP contribution is -2.30. The molecule has 0 aliphatic rings. The Labute approximate surface area is 613 Å². The molecule has 0 fully saturated rings. The van der Waals surface area contributed by atoms with Gasteiger partial charge in [-0.25, -0.2) is 9.13 Å². The van der Waals surface area contributed by atoms with Crippen LogP contribution in [0.1, 0.15) is 427 Å². The SMILES string of the molecule is CCCCCCCCCCCCCCCCCC(=O)OC[C@H](COP(=O)(O)OC[C@@H](O)COP(=O)(O)OC[C@@H](COC(=O)CCCCCCCCCCC(C)C)OC(=O)CCCCCCCCCCCCCCC)OC(=O)CCCCCCCCCCCCCCCCCCCCC(C)C. The third-order valence-electron chi connectivity index (χ3n) is 19.0. The standard InChI is InChI=1S/C81H158O17P2/c1-7-9-11-13-15-17-19-21-26-31-34-38-45-51-57-63-78(83)91-69-76(97-81(86)66-60-54-48-40-36-32-28-25-23-22-24-27-30-33-37-43-49-55-61-73(3)4)71-95-99(87,88)93-67-75(82)68-94-100(89,90)96-72-77(70-92-79(84)64-58-52-46-42-41-44-50-56-62-74(5)6)98-80(85)65-59-53-47-39-35-29-20-18-16-14-12-10-8-2/h73-77,82H,7-72H2,1-6H3,(H,87,88)(H,89,90)/t75-,76-,77-/m1/s1. The van der Waals surface area contributed by atoms with Crippen molar-refractivity contribution in [3.8, 4) is 0 Å². The summed E-state index contributed by atoms with van der Waals surface area (Å²) in [5.41, 5.74) is 0. The Morgan fingerprint density at radius 1 is 0.270 bits per heavy atom. The lowest BCUT2D eigenvalue weighted by molar-refractivity contribution is -0.161. The first kappa shape index (κ1) is 98.1. The normalized spacial score (nSPS) is 13.9. The summed E-state index contributed by atoms with van der Waals surface area (Å²) in [4.78, 5) is 73.0. The molecule has 0 aliphatic heterocycles. The van der Waals surface area contributed by atoms with Crippen molar-refractivity contribution in [1.29, 1.82) is 0 Å². The van der Waals surface area contributed by atoms with Gasteiger partial charge in [-0.15, -0.1) is 0 Å². The predicted molar refractivity (Wildman–Crippen MR) is 409 cm³/mol. The second-order valence-electron chi connectivity index (χ2n) is 30.1. The number of aliphatic hydroxyl groups is 1. The minimum Gasteiger partial charge on any atom is -0.462 e. The second kappa shape index (κ2) is 72.6. The van der Waals surface area contributed by atoms with Crippen molar-refractivity contribution >= 4 is 39.5 Å². The van der Waals surface area contributed by atoms with Crippen molar-refractivity contribution in [2.75, 3.05) is 39.6 Å². The Balaban J connectivity index is 5.23. The number of phosphoric ester groups is 2. The van der Waals surface area contributed by atoms with Crippen LogP contribution in [0.3, 0.4) is 0 Å². The summed E-state index contributed by atoms with van der Waals surface area (Å²) in [6.45, 7) is 9.64. The maximum atomic E-state index is 13.1. The number of rotatable bonds is 80. The fraction of sp³-hybridized carbons (Fsp3) is 0.951. The quantitative estimate of drug-likeness (QED) is 0.0222. The first-order chi connectivity index (χ1) is 48.4. The van der Waals surface area contributed by atoms with Gasteiger partial charge in [0.15, 0.2) is 12.2 Å². The highest BCUT2D eigenvalue weighted by atomic mass is 31.2. The lowest BCUT2D eigenvalue weighted by Gasteiger charge is -2.21. The van der Waals surface area contributed by atoms with Gasteiger partial charge in [0.1, 0.15) is 19.3 Å². The minimum atomic E-state index is -4.96. The molecule has 17 nitrogen and oxygen atoms in total. The number of aliphatic hydroxyl groups excluding tert-OH is 1. The van der Waals surface area contributed by atoms with Crippen molar-refractivity contribution in [2.45, 2.75) is 445 Å². The van der Waals surface area contributed by atoms with Crippen LogP contribution in [0.2, 0.25) is 0 Å². The van der Waals surface area contributed by atoms with Gasteiger partial charge in [-0.3, -0.25) is 37.3 Å². The van der Waals surface area contributed by atoms with Gasteiger partial charge in [0.05, 0.1) is 26.4 Å². The Morgan fingerprint density at radius 2 is 0.460 bits per heavy atom. The Kier molecular flexibility index (Phi) is 71.2. The maximum Gasteiger partial charge on any atom is 0.472 e. The predicted octanol–water partition coefficient (Wildman–Crippen LogP) is 24.3. The highest BCUT2D eigenvalue weighted by Gasteiger charge is 2.30. The Bertz CT molecular complexity index is 1920. The Hall–Kier alpha value is -1.94. The molecular weight excluding hydrogens is 1310 g/mol. The fourth-order valence-corrected chi connectivity index (χ4v) is 14.1. The van der Waals surface area contributed by atoms with Gasteiger partial charge >= 0.3 is 39.5 Å². The van der Waals surface area contributed by atoms with Crippen molar-refractivity contribution in [3.63, 3.8) is 0 Å². The molecule has 0 heterocycles. The summed E-state index contributed by atoms with van der Waals surface area (Å²) in [5, 5.41) is 10.6. The van der Waals surface area contributed by atoms with Gasteiger partial charge in [0.2, 0.25) is 0 Å². The number of ether oxygens (including phenoxy) is 4. The third-order valence-corrected chi connectivity index (χ3v) is 20.9. The first-order valence-corrected chi connectivity index (χ1v) is 45.0. The number of unbranched alkanes of at least 4 members (excludes halogenated alkanes) is 50. The van der Waals surface area contributed by atoms with Gasteiger partial charge in [0.25, 0.3) is 0 Å². The van der Waals surface area contributed by atoms with Gasteiger partial charge in [-0.05, 0) is 37.5 Å². The van der Waals surface area contributed by atoms with Gasteiger partial charge in [-0.2, -0.15) is 0 Å². The van der Waals surface area contributed by atoms with Gasteiger partial charge < -0.3 is 33.8 Å². The van der Waals surface area contributed by atoms with E-state index in [1.807, 2.05) is 0 Å². The van der Waals surface area contributed by atoms with Crippen LogP contribution < -0.4 is 0 Å². The molecule has 0 bridgehead atoms. The van der Waals surface area contributed by atoms with Crippen molar-refractivity contribution in [2.24, 2.45) is 11.8 Å². The molecule has 19 heteroatoms. The molecule has 0 amide bonds. The van der Waals surface area contributed by atoms with Crippen LogP contribution in [0, 0.1) is 11.8 Å². The average molecular weight is 1470 g/mol. The second-order valence-corrected chi connectivity index (χ2v) is 33.0. The molecule has 0 aromatic carbocycles. The van der Waals surface area contributed by atoms with Crippen molar-refractivity contribution in [3.05, 3.63) is 0 Å². The van der Waals surface area contributed by atoms with Crippen LogP contribution in [0.5, 0.6) is 0 Å². The van der Waals surface area contributed by atoms with Crippen LogP contribution in [-0.2, 0) is 65.4 Å². The minimum absolute atomic E-state index is 0.107. The highest BCUT2D eigenvalue weighted by molar-refractivity contribution is 7.47. The van der Waals surface area contributed by atoms with E-state index in [1.165, 1.54) is 244 Å². The molecule has 0 radical (unpaired) electrons. The van der Waals surface area contributed by atoms with E-state index < -0.39 is 97.5 Å². The molecule has 2 unspecified atom stereocenters. The number of hydrogen-bond acceptors (Lipinski definition) is 15. The molecule has 0 saturated carbocycles. The lowest BCUT2D eigenvalue weighted by atomic mass is 10.0. The molecule has 0 rings (SSSR count). The Morgan fingerprint density at radius 3 is 0.680 bits per heavy atom. The first-order valence-electron chi connectivity index (χ1n) is 42.0. The number of esters is 4. The zero-order valence-electron chi connectivity index (χ0n) is 65.5. The van der Waals surface area contributed by atoms with Crippen molar-refractivity contribution in [1.82, 2.24) is 0 Å². The monoisotopic (exact) mass is 1470 g/mol. The number of phosphoric acid groups is 2. The van der Waals surface area contributed by atoms with E-state index in [2.05, 4.69) is 41.5 Å². The molecule has 0 spiro atoms. The molecule has 594 valence electrons. The van der Waals surface area contributed by atoms with E-state index in [4.69, 9.17) is 37.0 Å². The molecule has 0 saturated heterocycles. The summed E-state index contributed by atoms with van der Waals surface area (Å²) < 4.78 is 68.7. The fourth-order valence-electron chi connectivity index (χ4n) is 12.5. The zero-order chi connectivity index (χ0) is 73.5. The summed E-state index contributed by atoms with van der Waals surface area (Å²) in [6, 6.07) is 0. The molecule has 0 aromatic rings. The summed E-state index contributed by atoms with van der Waals surface area (Å²) in [7, 11) is -9.92. The van der Waals surface area contributed by atoms with Crippen LogP contribution in [0.4, 0.5) is 0 Å². The zero-order valence-corrected chi connectivity index (χ0v) is 67.3. The van der Waals surface area contributed by atoms with Gasteiger partial charge in [-0.1, -0.05) is 375 Å². The topological polar surface area (TPSA) is 237 Å². The van der Waals surface area contributed by atoms with Crippen LogP contribution in [-0.4, -0.2) is 96.7 Å². The van der Waals surface area contributed by atoms with Crippen LogP contribution in [0.25, 0.3) is 0 Å². The molecule has 5 atom stereocenters. The van der Waals surface area contributed by atoms with Gasteiger partial charge in [0, 0.05) is 25.7 Å². The molecule has 0 aromatic heterocycles. The van der Waals surface area contributed by atoms with E-state index >= 15 is 0 Å². The smallest absolute Gasteiger partial charge is 0.462 e. The van der Waals surface area contributed by atoms with Crippen LogP contribution in [0.15, 0.2) is 0 Å². The number of carbonyl (C=O) groups excluding carboxylic acids is 4. The average Bonchev–Trinajstić information content (AvgIpc) is 0.989. The summed E-state index contributed by atoms with van der Waals surface area (Å²) in [5.74, 6) is -0.560. The summed E-state index contributed by atoms with van der Waals surface area (Å²) in [6.07, 6.45) is 62.4. The molecule has 100 heavy (non-hydrogen) atoms. The maximum absolute atomic E-state index is 13.1. The molecule has 0 aliphatic carbocycles. The largest absolute Gasteiger partial charge is 0.472 e. The van der Waals surface area contributed by atoms with E-state index in [9.17, 15) is 43.2 Å². The van der Waals surface area contributed by atoms with Crippen LogP contribution >= 0.6 is 15.6 Å². The molecular formula is C81H158O17P2. The van der Waals surface area contributed by atoms with Crippen molar-refractivity contribution < 1.29 is 80.2 Å². The summed E-state index contributed by atoms with van der Waals surface area (Å²) >= 11 is 0. The van der Waals surface area contributed by atoms with E-state index in [1.54, 1.807) is 0 Å². The number of hydrogen-bond donors (Lipinski definition) is 3. The van der Waals surface area contributed by atoms with E-state index in [0.717, 1.165) is 102 Å². The third kappa shape index (κ3) is 74.3. The number of carbonyl (C=O) groups is 4. The molecule has 3 N–H and O–H groups in total. The van der Waals surface area contributed by atoms with E-state index in [0.29, 0.717) is 25.7 Å². The highest BCUT2D eigenvalue weighted by Crippen LogP contribution is 2.45.